The molecule has 0 aliphatic rings. The Balaban J connectivity index is 1.84. The zero-order valence-electron chi connectivity index (χ0n) is 14.0. The van der Waals surface area contributed by atoms with Crippen molar-refractivity contribution < 1.29 is 9.59 Å². The summed E-state index contributed by atoms with van der Waals surface area (Å²) in [6.45, 7) is 3.77. The van der Waals surface area contributed by atoms with Gasteiger partial charge in [-0.25, -0.2) is 4.79 Å². The number of urea groups is 1. The third-order valence-corrected chi connectivity index (χ3v) is 3.53. The van der Waals surface area contributed by atoms with Crippen molar-refractivity contribution in [3.8, 4) is 0 Å². The van der Waals surface area contributed by atoms with Gasteiger partial charge in [0.25, 0.3) is 0 Å². The van der Waals surface area contributed by atoms with Gasteiger partial charge >= 0.3 is 6.03 Å². The number of carbonyl (C=O) groups excluding carboxylic acids is 2. The van der Waals surface area contributed by atoms with Crippen LogP contribution in [0.5, 0.6) is 0 Å². The van der Waals surface area contributed by atoms with Crippen LogP contribution in [0.25, 0.3) is 0 Å². The Morgan fingerprint density at radius 2 is 1.54 bits per heavy atom. The molecule has 3 amide bonds. The molecule has 0 saturated carbocycles. The Kier molecular flexibility index (Phi) is 6.37. The first-order valence-corrected chi connectivity index (χ1v) is 8.11. The van der Waals surface area contributed by atoms with Gasteiger partial charge in [0.05, 0.1) is 0 Å². The molecular weight excluding hydrogens is 302 g/mol. The van der Waals surface area contributed by atoms with E-state index in [9.17, 15) is 9.59 Å². The minimum absolute atomic E-state index is 0.263. The van der Waals surface area contributed by atoms with Crippen LogP contribution >= 0.6 is 0 Å². The van der Waals surface area contributed by atoms with Gasteiger partial charge < -0.3 is 16.0 Å². The molecule has 2 aromatic rings. The number of aryl methyl sites for hydroxylation is 1. The highest BCUT2D eigenvalue weighted by Gasteiger charge is 2.15. The molecule has 0 fully saturated rings. The van der Waals surface area contributed by atoms with Crippen molar-refractivity contribution in [2.24, 2.45) is 0 Å². The molecule has 0 radical (unpaired) electrons. The topological polar surface area (TPSA) is 70.2 Å². The molecule has 1 atom stereocenters. The fourth-order valence-electron chi connectivity index (χ4n) is 2.24. The van der Waals surface area contributed by atoms with Crippen molar-refractivity contribution in [2.45, 2.75) is 32.7 Å². The number of benzene rings is 2. The molecule has 0 unspecified atom stereocenters. The number of nitrogens with one attached hydrogen (secondary N) is 3. The fraction of sp³-hybridized carbons (Fsp3) is 0.263. The van der Waals surface area contributed by atoms with E-state index in [-0.39, 0.29) is 5.91 Å². The monoisotopic (exact) mass is 325 g/mol. The second-order valence-corrected chi connectivity index (χ2v) is 5.62. The predicted molar refractivity (Wildman–Crippen MR) is 97.1 cm³/mol. The molecule has 2 rings (SSSR count). The Morgan fingerprint density at radius 3 is 2.17 bits per heavy atom. The first-order valence-electron chi connectivity index (χ1n) is 8.11. The number of anilines is 2. The fourth-order valence-corrected chi connectivity index (χ4v) is 2.24. The summed E-state index contributed by atoms with van der Waals surface area (Å²) in [5, 5.41) is 8.10. The van der Waals surface area contributed by atoms with Crippen LogP contribution in [0.2, 0.25) is 0 Å². The Labute approximate surface area is 142 Å². The summed E-state index contributed by atoms with van der Waals surface area (Å²) in [5.41, 5.74) is 2.63. The van der Waals surface area contributed by atoms with Crippen molar-refractivity contribution >= 4 is 23.3 Å². The molecule has 126 valence electrons. The van der Waals surface area contributed by atoms with Crippen molar-refractivity contribution in [2.75, 3.05) is 10.6 Å². The van der Waals surface area contributed by atoms with Crippen LogP contribution in [0.15, 0.2) is 54.6 Å². The first-order chi connectivity index (χ1) is 11.6. The number of amides is 3. The van der Waals surface area contributed by atoms with E-state index in [1.807, 2.05) is 42.5 Å². The third kappa shape index (κ3) is 5.43. The van der Waals surface area contributed by atoms with E-state index in [2.05, 4.69) is 22.9 Å². The van der Waals surface area contributed by atoms with Gasteiger partial charge in [-0.15, -0.1) is 0 Å². The highest BCUT2D eigenvalue weighted by atomic mass is 16.2. The summed E-state index contributed by atoms with van der Waals surface area (Å²) in [5.74, 6) is -0.263. The SMILES string of the molecule is CCCc1ccc(NC(=O)[C@H](C)NC(=O)Nc2ccccc2)cc1. The van der Waals surface area contributed by atoms with E-state index >= 15 is 0 Å². The molecule has 0 bridgehead atoms. The van der Waals surface area contributed by atoms with Crippen molar-refractivity contribution in [3.05, 3.63) is 60.2 Å². The summed E-state index contributed by atoms with van der Waals surface area (Å²) in [4.78, 5) is 24.1. The molecule has 0 aromatic heterocycles. The van der Waals surface area contributed by atoms with Gasteiger partial charge in [-0.05, 0) is 43.2 Å². The molecule has 0 heterocycles. The average Bonchev–Trinajstić information content (AvgIpc) is 2.57. The standard InChI is InChI=1S/C19H23N3O2/c1-3-7-15-10-12-17(13-11-15)21-18(23)14(2)20-19(24)22-16-8-5-4-6-9-16/h4-6,8-14H,3,7H2,1-2H3,(H,21,23)(H2,20,22,24)/t14-/m0/s1. The zero-order chi connectivity index (χ0) is 17.4. The summed E-state index contributed by atoms with van der Waals surface area (Å²) in [6.07, 6.45) is 2.11. The molecular formula is C19H23N3O2. The van der Waals surface area contributed by atoms with Gasteiger partial charge in [-0.1, -0.05) is 43.7 Å². The number of para-hydroxylation sites is 1. The Hall–Kier alpha value is -2.82. The van der Waals surface area contributed by atoms with Gasteiger partial charge in [-0.2, -0.15) is 0 Å². The van der Waals surface area contributed by atoms with Crippen molar-refractivity contribution in [1.29, 1.82) is 0 Å². The van der Waals surface area contributed by atoms with Crippen molar-refractivity contribution in [3.63, 3.8) is 0 Å². The summed E-state index contributed by atoms with van der Waals surface area (Å²) in [6, 6.07) is 15.8. The lowest BCUT2D eigenvalue weighted by Crippen LogP contribution is -2.43. The van der Waals surface area contributed by atoms with Gasteiger partial charge in [0, 0.05) is 11.4 Å². The highest BCUT2D eigenvalue weighted by Crippen LogP contribution is 2.11. The lowest BCUT2D eigenvalue weighted by atomic mass is 10.1. The Bertz CT molecular complexity index is 669. The second kappa shape index (κ2) is 8.72. The van der Waals surface area contributed by atoms with E-state index in [1.165, 1.54) is 5.56 Å². The zero-order valence-corrected chi connectivity index (χ0v) is 14.0. The molecule has 5 nitrogen and oxygen atoms in total. The maximum atomic E-state index is 12.2. The second-order valence-electron chi connectivity index (χ2n) is 5.62. The van der Waals surface area contributed by atoms with E-state index < -0.39 is 12.1 Å². The number of rotatable bonds is 6. The molecule has 0 aliphatic carbocycles. The lowest BCUT2D eigenvalue weighted by Gasteiger charge is -2.15. The predicted octanol–water partition coefficient (Wildman–Crippen LogP) is 3.79. The summed E-state index contributed by atoms with van der Waals surface area (Å²) < 4.78 is 0. The molecule has 5 heteroatoms. The molecule has 3 N–H and O–H groups in total. The van der Waals surface area contributed by atoms with Crippen LogP contribution in [0.4, 0.5) is 16.2 Å². The molecule has 0 saturated heterocycles. The normalized spacial score (nSPS) is 11.4. The van der Waals surface area contributed by atoms with Crippen LogP contribution in [0, 0.1) is 0 Å². The Morgan fingerprint density at radius 1 is 0.917 bits per heavy atom. The van der Waals surface area contributed by atoms with Crippen LogP contribution in [0.3, 0.4) is 0 Å². The number of carbonyl (C=O) groups is 2. The van der Waals surface area contributed by atoms with E-state index in [0.29, 0.717) is 5.69 Å². The number of hydrogen-bond donors (Lipinski definition) is 3. The van der Waals surface area contributed by atoms with E-state index in [4.69, 9.17) is 0 Å². The molecule has 0 aliphatic heterocycles. The van der Waals surface area contributed by atoms with Gasteiger partial charge in [0.15, 0.2) is 0 Å². The molecule has 24 heavy (non-hydrogen) atoms. The third-order valence-electron chi connectivity index (χ3n) is 3.53. The lowest BCUT2D eigenvalue weighted by molar-refractivity contribution is -0.117. The molecule has 0 spiro atoms. The van der Waals surface area contributed by atoms with Crippen LogP contribution in [-0.2, 0) is 11.2 Å². The summed E-state index contributed by atoms with van der Waals surface area (Å²) >= 11 is 0. The maximum Gasteiger partial charge on any atom is 0.319 e. The molecule has 2 aromatic carbocycles. The quantitative estimate of drug-likeness (QED) is 0.756. The smallest absolute Gasteiger partial charge is 0.319 e. The largest absolute Gasteiger partial charge is 0.326 e. The van der Waals surface area contributed by atoms with E-state index in [1.54, 1.807) is 19.1 Å². The maximum absolute atomic E-state index is 12.2. The number of hydrogen-bond acceptors (Lipinski definition) is 2. The highest BCUT2D eigenvalue weighted by molar-refractivity contribution is 5.98. The van der Waals surface area contributed by atoms with Crippen LogP contribution in [0.1, 0.15) is 25.8 Å². The van der Waals surface area contributed by atoms with Crippen LogP contribution in [-0.4, -0.2) is 18.0 Å². The first kappa shape index (κ1) is 17.5. The van der Waals surface area contributed by atoms with Gasteiger partial charge in [-0.3, -0.25) is 4.79 Å². The van der Waals surface area contributed by atoms with Crippen molar-refractivity contribution in [1.82, 2.24) is 5.32 Å². The minimum atomic E-state index is -0.649. The van der Waals surface area contributed by atoms with Crippen LogP contribution < -0.4 is 16.0 Å². The minimum Gasteiger partial charge on any atom is -0.326 e. The van der Waals surface area contributed by atoms with Gasteiger partial charge in [0.2, 0.25) is 5.91 Å². The van der Waals surface area contributed by atoms with E-state index in [0.717, 1.165) is 18.5 Å². The van der Waals surface area contributed by atoms with Gasteiger partial charge in [0.1, 0.15) is 6.04 Å². The average molecular weight is 325 g/mol. The summed E-state index contributed by atoms with van der Waals surface area (Å²) in [7, 11) is 0.